The number of nitrogens with one attached hydrogen (secondary N) is 2. The third kappa shape index (κ3) is 7.41. The van der Waals surface area contributed by atoms with Crippen LogP contribution < -0.4 is 10.6 Å². The van der Waals surface area contributed by atoms with Gasteiger partial charge in [0.2, 0.25) is 5.91 Å². The lowest BCUT2D eigenvalue weighted by Crippen LogP contribution is -2.32. The highest BCUT2D eigenvalue weighted by molar-refractivity contribution is 7.99. The fourth-order valence-corrected chi connectivity index (χ4v) is 5.42. The number of aromatic nitrogens is 3. The molecule has 1 heterocycles. The summed E-state index contributed by atoms with van der Waals surface area (Å²) in [7, 11) is 0. The lowest BCUT2D eigenvalue weighted by Gasteiger charge is -2.21. The maximum absolute atomic E-state index is 13.1. The number of halogens is 2. The minimum atomic E-state index is -0.433. The molecule has 0 aliphatic carbocycles. The van der Waals surface area contributed by atoms with E-state index in [-0.39, 0.29) is 28.5 Å². The highest BCUT2D eigenvalue weighted by Gasteiger charge is 2.25. The van der Waals surface area contributed by atoms with Crippen LogP contribution in [-0.2, 0) is 11.3 Å². The number of carbonyl (C=O) groups excluding carboxylic acids is 2. The van der Waals surface area contributed by atoms with E-state index < -0.39 is 6.04 Å². The monoisotopic (exact) mass is 581 g/mol. The molecule has 0 saturated carbocycles. The molecule has 0 radical (unpaired) electrons. The largest absolute Gasteiger partial charge is 0.342 e. The highest BCUT2D eigenvalue weighted by atomic mass is 35.5. The minimum absolute atomic E-state index is 0.143. The van der Waals surface area contributed by atoms with Crippen molar-refractivity contribution in [3.8, 4) is 0 Å². The molecule has 2 N–H and O–H groups in total. The Balaban J connectivity index is 1.49. The lowest BCUT2D eigenvalue weighted by atomic mass is 10.0. The Hall–Kier alpha value is -3.33. The van der Waals surface area contributed by atoms with Gasteiger partial charge in [0.1, 0.15) is 0 Å². The van der Waals surface area contributed by atoms with Crippen molar-refractivity contribution in [2.45, 2.75) is 38.0 Å². The van der Waals surface area contributed by atoms with Gasteiger partial charge in [0.05, 0.1) is 22.4 Å². The summed E-state index contributed by atoms with van der Waals surface area (Å²) in [6, 6.07) is 18.1. The van der Waals surface area contributed by atoms with E-state index in [1.807, 2.05) is 47.0 Å². The number of allylic oxidation sites excluding steroid dienone is 1. The van der Waals surface area contributed by atoms with E-state index in [2.05, 4.69) is 41.3 Å². The first kappa shape index (κ1) is 28.7. The number of benzene rings is 3. The number of amides is 2. The Morgan fingerprint density at radius 2 is 1.82 bits per heavy atom. The summed E-state index contributed by atoms with van der Waals surface area (Å²) < 4.78 is 1.87. The molecule has 2 amide bonds. The number of hydrogen-bond acceptors (Lipinski definition) is 5. The maximum Gasteiger partial charge on any atom is 0.253 e. The summed E-state index contributed by atoms with van der Waals surface area (Å²) in [6.45, 7) is 8.41. The molecule has 0 fully saturated rings. The standard InChI is InChI=1S/C29H29Cl2N5O2S/c1-4-13-36-27(25(14-18(2)3)33-28(38)23-12-10-21(30)16-24(23)31)34-35-29(36)39-17-26(37)32-22-11-9-19-7-5-6-8-20(19)15-22/h4-12,15-16,18,25H,1,13-14,17H2,2-3H3,(H,32,37)(H,33,38)/t25-/m0/s1. The Bertz CT molecular complexity index is 1500. The first-order chi connectivity index (χ1) is 18.7. The molecule has 0 aliphatic heterocycles. The molecule has 0 aliphatic rings. The molecule has 4 rings (SSSR count). The van der Waals surface area contributed by atoms with Crippen molar-refractivity contribution in [2.75, 3.05) is 11.1 Å². The van der Waals surface area contributed by atoms with Crippen LogP contribution in [0.15, 0.2) is 78.5 Å². The maximum atomic E-state index is 13.1. The number of hydrogen-bond donors (Lipinski definition) is 2. The van der Waals surface area contributed by atoms with Gasteiger partial charge in [0.25, 0.3) is 5.91 Å². The molecule has 4 aromatic rings. The van der Waals surface area contributed by atoms with E-state index in [0.29, 0.717) is 34.5 Å². The van der Waals surface area contributed by atoms with Crippen LogP contribution in [0.4, 0.5) is 5.69 Å². The van der Waals surface area contributed by atoms with E-state index in [9.17, 15) is 9.59 Å². The third-order valence-corrected chi connectivity index (χ3v) is 7.44. The Morgan fingerprint density at radius 1 is 1.05 bits per heavy atom. The summed E-state index contributed by atoms with van der Waals surface area (Å²) in [5, 5.41) is 18.2. The zero-order chi connectivity index (χ0) is 27.9. The lowest BCUT2D eigenvalue weighted by molar-refractivity contribution is -0.113. The van der Waals surface area contributed by atoms with Gasteiger partial charge < -0.3 is 15.2 Å². The topological polar surface area (TPSA) is 88.9 Å². The normalized spacial score (nSPS) is 11.9. The van der Waals surface area contributed by atoms with E-state index in [1.54, 1.807) is 18.2 Å². The molecule has 10 heteroatoms. The van der Waals surface area contributed by atoms with Crippen molar-refractivity contribution in [3.63, 3.8) is 0 Å². The molecule has 7 nitrogen and oxygen atoms in total. The summed E-state index contributed by atoms with van der Waals surface area (Å²) in [6.07, 6.45) is 2.36. The number of anilines is 1. The van der Waals surface area contributed by atoms with Gasteiger partial charge in [-0.05, 0) is 53.4 Å². The molecule has 1 atom stereocenters. The summed E-state index contributed by atoms with van der Waals surface area (Å²) in [5.41, 5.74) is 1.05. The smallest absolute Gasteiger partial charge is 0.253 e. The van der Waals surface area contributed by atoms with Gasteiger partial charge in [0.15, 0.2) is 11.0 Å². The quantitative estimate of drug-likeness (QED) is 0.145. The van der Waals surface area contributed by atoms with Crippen LogP contribution in [-0.4, -0.2) is 32.3 Å². The average molecular weight is 583 g/mol. The Morgan fingerprint density at radius 3 is 2.54 bits per heavy atom. The second-order valence-electron chi connectivity index (χ2n) is 9.42. The molecule has 0 saturated heterocycles. The van der Waals surface area contributed by atoms with Gasteiger partial charge in [0, 0.05) is 17.3 Å². The first-order valence-corrected chi connectivity index (χ1v) is 14.2. The van der Waals surface area contributed by atoms with Gasteiger partial charge in [-0.1, -0.05) is 85.2 Å². The molecule has 1 aromatic heterocycles. The van der Waals surface area contributed by atoms with Crippen molar-refractivity contribution in [2.24, 2.45) is 5.92 Å². The zero-order valence-corrected chi connectivity index (χ0v) is 24.0. The number of fused-ring (bicyclic) bond motifs is 1. The molecule has 3 aromatic carbocycles. The van der Waals surface area contributed by atoms with Crippen LogP contribution in [0.1, 0.15) is 42.5 Å². The molecule has 0 spiro atoms. The van der Waals surface area contributed by atoms with Gasteiger partial charge >= 0.3 is 0 Å². The number of rotatable bonds is 11. The molecule has 0 unspecified atom stereocenters. The van der Waals surface area contributed by atoms with Crippen molar-refractivity contribution in [1.82, 2.24) is 20.1 Å². The molecule has 39 heavy (non-hydrogen) atoms. The van der Waals surface area contributed by atoms with E-state index >= 15 is 0 Å². The third-order valence-electron chi connectivity index (χ3n) is 5.92. The predicted octanol–water partition coefficient (Wildman–Crippen LogP) is 7.17. The van der Waals surface area contributed by atoms with Crippen LogP contribution in [0.3, 0.4) is 0 Å². The van der Waals surface area contributed by atoms with E-state index in [0.717, 1.165) is 16.5 Å². The predicted molar refractivity (Wildman–Crippen MR) is 160 cm³/mol. The van der Waals surface area contributed by atoms with Crippen molar-refractivity contribution in [3.05, 3.63) is 94.8 Å². The van der Waals surface area contributed by atoms with Crippen LogP contribution in [0.2, 0.25) is 10.0 Å². The Kier molecular flexibility index (Phi) is 9.67. The molecular formula is C29H29Cl2N5O2S. The van der Waals surface area contributed by atoms with Gasteiger partial charge in [-0.15, -0.1) is 16.8 Å². The van der Waals surface area contributed by atoms with Crippen LogP contribution >= 0.6 is 35.0 Å². The Labute approximate surface area is 242 Å². The van der Waals surface area contributed by atoms with Gasteiger partial charge in [-0.2, -0.15) is 0 Å². The number of nitrogens with zero attached hydrogens (tertiary/aromatic N) is 3. The second-order valence-corrected chi connectivity index (χ2v) is 11.2. The molecular weight excluding hydrogens is 553 g/mol. The van der Waals surface area contributed by atoms with Crippen molar-refractivity contribution < 1.29 is 9.59 Å². The SMILES string of the molecule is C=CCn1c(SCC(=O)Nc2ccc3ccccc3c2)nnc1[C@H](CC(C)C)NC(=O)c1ccc(Cl)cc1Cl. The average Bonchev–Trinajstić information content (AvgIpc) is 3.29. The number of carbonyl (C=O) groups is 2. The fraction of sp³-hybridized carbons (Fsp3) is 0.241. The van der Waals surface area contributed by atoms with Crippen LogP contribution in [0, 0.1) is 5.92 Å². The minimum Gasteiger partial charge on any atom is -0.342 e. The first-order valence-electron chi connectivity index (χ1n) is 12.5. The van der Waals surface area contributed by atoms with Crippen molar-refractivity contribution >= 4 is 63.2 Å². The summed E-state index contributed by atoms with van der Waals surface area (Å²) >= 11 is 13.5. The van der Waals surface area contributed by atoms with Gasteiger partial charge in [-0.25, -0.2) is 0 Å². The molecule has 202 valence electrons. The van der Waals surface area contributed by atoms with Gasteiger partial charge in [-0.3, -0.25) is 9.59 Å². The zero-order valence-electron chi connectivity index (χ0n) is 21.7. The van der Waals surface area contributed by atoms with Crippen molar-refractivity contribution in [1.29, 1.82) is 0 Å². The van der Waals surface area contributed by atoms with Crippen LogP contribution in [0.5, 0.6) is 0 Å². The van der Waals surface area contributed by atoms with E-state index in [4.69, 9.17) is 23.2 Å². The second kappa shape index (κ2) is 13.2. The molecule has 0 bridgehead atoms. The van der Waals surface area contributed by atoms with Crippen LogP contribution in [0.25, 0.3) is 10.8 Å². The highest BCUT2D eigenvalue weighted by Crippen LogP contribution is 2.27. The van der Waals surface area contributed by atoms with E-state index in [1.165, 1.54) is 17.8 Å². The summed E-state index contributed by atoms with van der Waals surface area (Å²) in [4.78, 5) is 25.9. The fourth-order valence-electron chi connectivity index (χ4n) is 4.17. The summed E-state index contributed by atoms with van der Waals surface area (Å²) in [5.74, 6) is 0.492. The number of thioether (sulfide) groups is 1.